The molecule has 0 amide bonds. The second kappa shape index (κ2) is 8.04. The summed E-state index contributed by atoms with van der Waals surface area (Å²) in [6.45, 7) is 8.65. The average molecular weight is 342 g/mol. The lowest BCUT2D eigenvalue weighted by Gasteiger charge is -2.27. The van der Waals surface area contributed by atoms with Crippen LogP contribution in [0, 0.1) is 19.8 Å². The Labute approximate surface area is 132 Å². The van der Waals surface area contributed by atoms with Gasteiger partial charge in [-0.25, -0.2) is 0 Å². The monoisotopic (exact) mass is 341 g/mol. The Bertz CT molecular complexity index is 445. The number of hydrogen-bond acceptors (Lipinski definition) is 2. The first-order valence-corrected chi connectivity index (χ1v) is 8.36. The van der Waals surface area contributed by atoms with Crippen LogP contribution in [-0.2, 0) is 0 Å². The van der Waals surface area contributed by atoms with Crippen molar-refractivity contribution in [1.29, 1.82) is 0 Å². The minimum absolute atomic E-state index is 0.0395. The minimum atomic E-state index is 0.0395. The largest absolute Gasteiger partial charge is 0.496 e. The molecule has 0 spiro atoms. The van der Waals surface area contributed by atoms with E-state index in [1.165, 1.54) is 30.4 Å². The first-order chi connectivity index (χ1) is 9.47. The molecule has 2 atom stereocenters. The molecule has 0 aliphatic carbocycles. The molecule has 114 valence electrons. The van der Waals surface area contributed by atoms with Gasteiger partial charge in [-0.15, -0.1) is 0 Å². The minimum Gasteiger partial charge on any atom is -0.496 e. The van der Waals surface area contributed by atoms with Gasteiger partial charge in [0.15, 0.2) is 0 Å². The number of nitrogens with two attached hydrogens (primary N) is 1. The van der Waals surface area contributed by atoms with Gasteiger partial charge in [0.2, 0.25) is 0 Å². The summed E-state index contributed by atoms with van der Waals surface area (Å²) < 4.78 is 6.75. The highest BCUT2D eigenvalue weighted by atomic mass is 79.9. The molecular weight excluding hydrogens is 314 g/mol. The van der Waals surface area contributed by atoms with E-state index in [2.05, 4.69) is 49.7 Å². The third-order valence-corrected chi connectivity index (χ3v) is 5.03. The molecule has 0 bridgehead atoms. The number of benzene rings is 1. The number of halogens is 1. The first-order valence-electron chi connectivity index (χ1n) is 7.56. The van der Waals surface area contributed by atoms with Gasteiger partial charge < -0.3 is 10.5 Å². The van der Waals surface area contributed by atoms with E-state index in [1.54, 1.807) is 7.11 Å². The molecule has 3 heteroatoms. The number of methoxy groups -OCH3 is 1. The molecule has 2 N–H and O–H groups in total. The van der Waals surface area contributed by atoms with Gasteiger partial charge in [-0.3, -0.25) is 0 Å². The Kier molecular flexibility index (Phi) is 7.04. The van der Waals surface area contributed by atoms with Crippen molar-refractivity contribution in [3.63, 3.8) is 0 Å². The smallest absolute Gasteiger partial charge is 0.126 e. The van der Waals surface area contributed by atoms with Gasteiger partial charge in [0.05, 0.1) is 7.11 Å². The normalized spacial score (nSPS) is 14.2. The van der Waals surface area contributed by atoms with Crippen molar-refractivity contribution in [2.45, 2.75) is 59.4 Å². The zero-order valence-electron chi connectivity index (χ0n) is 13.4. The predicted molar refractivity (Wildman–Crippen MR) is 90.4 cm³/mol. The lowest BCUT2D eigenvalue weighted by atomic mass is 9.84. The van der Waals surface area contributed by atoms with Crippen molar-refractivity contribution in [1.82, 2.24) is 0 Å². The molecule has 0 aliphatic heterocycles. The summed E-state index contributed by atoms with van der Waals surface area (Å²) in [5, 5.41) is 0. The van der Waals surface area contributed by atoms with Crippen molar-refractivity contribution in [2.75, 3.05) is 7.11 Å². The summed E-state index contributed by atoms with van der Waals surface area (Å²) in [5.41, 5.74) is 10.1. The van der Waals surface area contributed by atoms with Gasteiger partial charge in [0, 0.05) is 16.1 Å². The molecule has 20 heavy (non-hydrogen) atoms. The third kappa shape index (κ3) is 3.76. The maximum Gasteiger partial charge on any atom is 0.126 e. The van der Waals surface area contributed by atoms with Crippen LogP contribution in [0.1, 0.15) is 62.3 Å². The van der Waals surface area contributed by atoms with E-state index in [-0.39, 0.29) is 6.04 Å². The summed E-state index contributed by atoms with van der Waals surface area (Å²) in [6, 6.07) is 2.15. The average Bonchev–Trinajstić information content (AvgIpc) is 2.43. The molecule has 0 aromatic heterocycles. The van der Waals surface area contributed by atoms with Crippen molar-refractivity contribution in [3.8, 4) is 5.75 Å². The van der Waals surface area contributed by atoms with Crippen LogP contribution in [0.5, 0.6) is 5.75 Å². The van der Waals surface area contributed by atoms with E-state index >= 15 is 0 Å². The van der Waals surface area contributed by atoms with E-state index in [1.807, 2.05) is 0 Å². The van der Waals surface area contributed by atoms with Crippen LogP contribution in [0.25, 0.3) is 0 Å². The van der Waals surface area contributed by atoms with Gasteiger partial charge in [-0.05, 0) is 43.4 Å². The molecule has 1 aromatic carbocycles. The molecule has 1 aromatic rings. The summed E-state index contributed by atoms with van der Waals surface area (Å²) in [4.78, 5) is 0. The third-order valence-electron chi connectivity index (χ3n) is 4.21. The highest BCUT2D eigenvalue weighted by Crippen LogP contribution is 2.39. The Morgan fingerprint density at radius 1 is 1.30 bits per heavy atom. The molecule has 0 radical (unpaired) electrons. The molecule has 2 unspecified atom stereocenters. The van der Waals surface area contributed by atoms with Gasteiger partial charge in [0.1, 0.15) is 5.75 Å². The van der Waals surface area contributed by atoms with Crippen molar-refractivity contribution >= 4 is 15.9 Å². The Hall–Kier alpha value is -0.540. The van der Waals surface area contributed by atoms with Crippen molar-refractivity contribution in [3.05, 3.63) is 27.2 Å². The quantitative estimate of drug-likeness (QED) is 0.731. The van der Waals surface area contributed by atoms with Crippen LogP contribution >= 0.6 is 15.9 Å². The SMILES string of the molecule is CCCCC(CC)C(N)c1c(C)c(Br)cc(C)c1OC. The van der Waals surface area contributed by atoms with E-state index < -0.39 is 0 Å². The lowest BCUT2D eigenvalue weighted by Crippen LogP contribution is -2.23. The Morgan fingerprint density at radius 3 is 2.45 bits per heavy atom. The van der Waals surface area contributed by atoms with Crippen LogP contribution in [-0.4, -0.2) is 7.11 Å². The van der Waals surface area contributed by atoms with Gasteiger partial charge in [0.25, 0.3) is 0 Å². The lowest BCUT2D eigenvalue weighted by molar-refractivity contribution is 0.354. The van der Waals surface area contributed by atoms with Gasteiger partial charge in [-0.1, -0.05) is 49.0 Å². The van der Waals surface area contributed by atoms with E-state index in [0.717, 1.165) is 22.2 Å². The van der Waals surface area contributed by atoms with Crippen LogP contribution < -0.4 is 10.5 Å². The zero-order valence-corrected chi connectivity index (χ0v) is 15.0. The van der Waals surface area contributed by atoms with Crippen LogP contribution in [0.3, 0.4) is 0 Å². The fourth-order valence-corrected chi connectivity index (χ4v) is 3.44. The predicted octanol–water partition coefficient (Wildman–Crippen LogP) is 5.29. The summed E-state index contributed by atoms with van der Waals surface area (Å²) in [5.74, 6) is 1.46. The zero-order chi connectivity index (χ0) is 15.3. The summed E-state index contributed by atoms with van der Waals surface area (Å²) in [7, 11) is 1.74. The Balaban J connectivity index is 3.22. The highest BCUT2D eigenvalue weighted by Gasteiger charge is 2.24. The molecule has 0 aliphatic rings. The number of rotatable bonds is 7. The number of unbranched alkanes of at least 4 members (excludes halogenated alkanes) is 1. The van der Waals surface area contributed by atoms with Crippen LogP contribution in [0.15, 0.2) is 10.5 Å². The van der Waals surface area contributed by atoms with Crippen LogP contribution in [0.4, 0.5) is 0 Å². The molecule has 0 fully saturated rings. The van der Waals surface area contributed by atoms with Crippen LogP contribution in [0.2, 0.25) is 0 Å². The van der Waals surface area contributed by atoms with E-state index in [9.17, 15) is 0 Å². The van der Waals surface area contributed by atoms with E-state index in [4.69, 9.17) is 10.5 Å². The molecule has 0 saturated heterocycles. The Morgan fingerprint density at radius 2 is 1.95 bits per heavy atom. The van der Waals surface area contributed by atoms with Crippen molar-refractivity contribution < 1.29 is 4.74 Å². The second-order valence-corrected chi connectivity index (χ2v) is 6.44. The number of aryl methyl sites for hydroxylation is 1. The highest BCUT2D eigenvalue weighted by molar-refractivity contribution is 9.10. The number of ether oxygens (including phenoxy) is 1. The maximum atomic E-state index is 6.60. The van der Waals surface area contributed by atoms with Gasteiger partial charge >= 0.3 is 0 Å². The topological polar surface area (TPSA) is 35.2 Å². The summed E-state index contributed by atoms with van der Waals surface area (Å²) in [6.07, 6.45) is 4.75. The first kappa shape index (κ1) is 17.5. The van der Waals surface area contributed by atoms with E-state index in [0.29, 0.717) is 5.92 Å². The number of hydrogen-bond donors (Lipinski definition) is 1. The molecular formula is C17H28BrNO. The van der Waals surface area contributed by atoms with Gasteiger partial charge in [-0.2, -0.15) is 0 Å². The maximum absolute atomic E-state index is 6.60. The summed E-state index contributed by atoms with van der Waals surface area (Å²) >= 11 is 3.64. The molecule has 0 saturated carbocycles. The van der Waals surface area contributed by atoms with Crippen molar-refractivity contribution in [2.24, 2.45) is 11.7 Å². The second-order valence-electron chi connectivity index (χ2n) is 5.58. The fraction of sp³-hybridized carbons (Fsp3) is 0.647. The molecule has 0 heterocycles. The standard InChI is InChI=1S/C17H28BrNO/c1-6-8-9-13(7-2)16(19)15-12(4)14(18)10-11(3)17(15)20-5/h10,13,16H,6-9,19H2,1-5H3. The fourth-order valence-electron chi connectivity index (χ4n) is 2.89. The molecule has 2 nitrogen and oxygen atoms in total. The molecule has 1 rings (SSSR count).